The van der Waals surface area contributed by atoms with Crippen LogP contribution in [0.1, 0.15) is 25.5 Å². The Morgan fingerprint density at radius 1 is 1.27 bits per heavy atom. The first-order chi connectivity index (χ1) is 12.2. The summed E-state index contributed by atoms with van der Waals surface area (Å²) in [4.78, 5) is 24.7. The fourth-order valence-corrected chi connectivity index (χ4v) is 3.19. The van der Waals surface area contributed by atoms with E-state index in [1.807, 2.05) is 6.92 Å². The number of benzene rings is 2. The van der Waals surface area contributed by atoms with Gasteiger partial charge in [0.25, 0.3) is 11.6 Å². The van der Waals surface area contributed by atoms with E-state index < -0.39 is 11.0 Å². The smallest absolute Gasteiger partial charge is 0.269 e. The number of likely N-dealkylation sites (N-methyl/N-ethyl adjacent to an activating group) is 1. The summed E-state index contributed by atoms with van der Waals surface area (Å²) in [6.45, 7) is 3.46. The van der Waals surface area contributed by atoms with Crippen LogP contribution in [0.3, 0.4) is 0 Å². The molecule has 0 bridgehead atoms. The van der Waals surface area contributed by atoms with Gasteiger partial charge in [-0.2, -0.15) is 0 Å². The fourth-order valence-electron chi connectivity index (χ4n) is 2.41. The molecule has 26 heavy (non-hydrogen) atoms. The molecule has 0 aromatic heterocycles. The Morgan fingerprint density at radius 2 is 1.96 bits per heavy atom. The average Bonchev–Trinajstić information content (AvgIpc) is 2.62. The van der Waals surface area contributed by atoms with Gasteiger partial charge < -0.3 is 9.64 Å². The highest BCUT2D eigenvalue weighted by Crippen LogP contribution is 2.29. The normalized spacial score (nSPS) is 13.0. The molecule has 0 spiro atoms. The lowest BCUT2D eigenvalue weighted by Crippen LogP contribution is -2.39. The number of carbonyl (C=O) groups is 1. The maximum absolute atomic E-state index is 12.7. The van der Waals surface area contributed by atoms with Crippen LogP contribution >= 0.6 is 27.5 Å². The molecule has 0 aliphatic rings. The van der Waals surface area contributed by atoms with Crippen molar-refractivity contribution in [1.29, 1.82) is 0 Å². The number of halogens is 2. The Bertz CT molecular complexity index is 831. The summed E-state index contributed by atoms with van der Waals surface area (Å²) in [6, 6.07) is 10.9. The molecule has 2 rings (SSSR count). The first kappa shape index (κ1) is 20.2. The van der Waals surface area contributed by atoms with Gasteiger partial charge in [-0.25, -0.2) is 0 Å². The molecule has 1 amide bonds. The molecule has 0 fully saturated rings. The molecular formula is C18H18BrClN2O4. The van der Waals surface area contributed by atoms with Crippen LogP contribution in [-0.2, 0) is 4.79 Å². The van der Waals surface area contributed by atoms with Crippen LogP contribution in [0.5, 0.6) is 5.75 Å². The topological polar surface area (TPSA) is 72.7 Å². The summed E-state index contributed by atoms with van der Waals surface area (Å²) in [5.74, 6) is 0.262. The molecule has 0 saturated carbocycles. The second-order valence-electron chi connectivity index (χ2n) is 5.81. The van der Waals surface area contributed by atoms with Crippen molar-refractivity contribution in [2.75, 3.05) is 7.05 Å². The van der Waals surface area contributed by atoms with Crippen LogP contribution in [0.4, 0.5) is 5.69 Å². The van der Waals surface area contributed by atoms with Gasteiger partial charge in [0.1, 0.15) is 5.75 Å². The number of amides is 1. The third-order valence-corrected chi connectivity index (χ3v) is 4.89. The van der Waals surface area contributed by atoms with E-state index in [-0.39, 0.29) is 17.6 Å². The summed E-state index contributed by atoms with van der Waals surface area (Å²) in [6.07, 6.45) is -0.737. The number of non-ortho nitro benzene ring substituents is 1. The minimum Gasteiger partial charge on any atom is -0.480 e. The third kappa shape index (κ3) is 4.74. The summed E-state index contributed by atoms with van der Waals surface area (Å²) in [5, 5.41) is 11.5. The van der Waals surface area contributed by atoms with E-state index in [0.29, 0.717) is 20.8 Å². The Balaban J connectivity index is 2.12. The van der Waals surface area contributed by atoms with Gasteiger partial charge in [0.15, 0.2) is 6.10 Å². The second-order valence-corrected chi connectivity index (χ2v) is 7.10. The third-order valence-electron chi connectivity index (χ3n) is 4.04. The van der Waals surface area contributed by atoms with Gasteiger partial charge in [0, 0.05) is 24.2 Å². The molecule has 6 nitrogen and oxygen atoms in total. The van der Waals surface area contributed by atoms with Gasteiger partial charge in [-0.3, -0.25) is 14.9 Å². The number of nitrogens with zero attached hydrogens (tertiary/aromatic N) is 2. The van der Waals surface area contributed by atoms with E-state index in [2.05, 4.69) is 15.9 Å². The van der Waals surface area contributed by atoms with Crippen LogP contribution in [0.2, 0.25) is 5.02 Å². The number of hydrogen-bond donors (Lipinski definition) is 0. The summed E-state index contributed by atoms with van der Waals surface area (Å²) >= 11 is 9.25. The predicted molar refractivity (Wildman–Crippen MR) is 104 cm³/mol. The molecule has 2 aromatic rings. The maximum atomic E-state index is 12.7. The van der Waals surface area contributed by atoms with Crippen molar-refractivity contribution < 1.29 is 14.5 Å². The Morgan fingerprint density at radius 3 is 2.58 bits per heavy atom. The first-order valence-electron chi connectivity index (χ1n) is 7.83. The molecule has 8 heteroatoms. The van der Waals surface area contributed by atoms with Gasteiger partial charge in [-0.15, -0.1) is 0 Å². The van der Waals surface area contributed by atoms with Gasteiger partial charge in [-0.1, -0.05) is 23.7 Å². The predicted octanol–water partition coefficient (Wildman–Crippen LogP) is 5.00. The van der Waals surface area contributed by atoms with Crippen molar-refractivity contribution in [2.45, 2.75) is 26.0 Å². The van der Waals surface area contributed by atoms with Crippen molar-refractivity contribution in [3.05, 3.63) is 67.6 Å². The number of ether oxygens (including phenoxy) is 1. The molecular weight excluding hydrogens is 424 g/mol. The van der Waals surface area contributed by atoms with Crippen molar-refractivity contribution in [1.82, 2.24) is 4.90 Å². The zero-order valence-corrected chi connectivity index (χ0v) is 16.8. The van der Waals surface area contributed by atoms with E-state index in [0.717, 1.165) is 0 Å². The summed E-state index contributed by atoms with van der Waals surface area (Å²) < 4.78 is 6.38. The average molecular weight is 442 g/mol. The van der Waals surface area contributed by atoms with Crippen LogP contribution in [0, 0.1) is 10.1 Å². The number of nitro benzene ring substituents is 1. The van der Waals surface area contributed by atoms with Gasteiger partial charge in [0.05, 0.1) is 15.4 Å². The van der Waals surface area contributed by atoms with E-state index in [9.17, 15) is 14.9 Å². The van der Waals surface area contributed by atoms with E-state index in [1.165, 1.54) is 17.0 Å². The molecule has 2 atom stereocenters. The van der Waals surface area contributed by atoms with Crippen molar-refractivity contribution in [3.8, 4) is 5.75 Å². The van der Waals surface area contributed by atoms with Crippen LogP contribution in [-0.4, -0.2) is 28.9 Å². The second kappa shape index (κ2) is 8.51. The van der Waals surface area contributed by atoms with Gasteiger partial charge in [0.2, 0.25) is 0 Å². The van der Waals surface area contributed by atoms with Crippen LogP contribution in [0.15, 0.2) is 46.9 Å². The molecule has 0 radical (unpaired) electrons. The first-order valence-corrected chi connectivity index (χ1v) is 9.00. The zero-order chi connectivity index (χ0) is 19.4. The number of hydrogen-bond acceptors (Lipinski definition) is 4. The summed E-state index contributed by atoms with van der Waals surface area (Å²) in [5.41, 5.74) is 0.666. The lowest BCUT2D eigenvalue weighted by atomic mass is 10.1. The van der Waals surface area contributed by atoms with E-state index >= 15 is 0 Å². The van der Waals surface area contributed by atoms with Crippen molar-refractivity contribution in [3.63, 3.8) is 0 Å². The fraction of sp³-hybridized carbons (Fsp3) is 0.278. The summed E-state index contributed by atoms with van der Waals surface area (Å²) in [7, 11) is 1.64. The van der Waals surface area contributed by atoms with Gasteiger partial charge >= 0.3 is 0 Å². The molecule has 0 N–H and O–H groups in total. The maximum Gasteiger partial charge on any atom is 0.269 e. The van der Waals surface area contributed by atoms with Crippen LogP contribution in [0.25, 0.3) is 0 Å². The highest BCUT2D eigenvalue weighted by atomic mass is 79.9. The molecule has 2 aromatic carbocycles. The number of nitro groups is 1. The zero-order valence-electron chi connectivity index (χ0n) is 14.5. The van der Waals surface area contributed by atoms with E-state index in [1.54, 1.807) is 44.3 Å². The molecule has 0 aliphatic heterocycles. The number of carbonyl (C=O) groups excluding carboxylic acids is 1. The number of rotatable bonds is 6. The minimum absolute atomic E-state index is 0.00964. The lowest BCUT2D eigenvalue weighted by Gasteiger charge is -2.28. The Kier molecular flexibility index (Phi) is 6.61. The van der Waals surface area contributed by atoms with Crippen molar-refractivity contribution >= 4 is 39.1 Å². The van der Waals surface area contributed by atoms with E-state index in [4.69, 9.17) is 16.3 Å². The molecule has 0 heterocycles. The largest absolute Gasteiger partial charge is 0.480 e. The SMILES string of the molecule is C[C@H](c1cccc([N+](=O)[O-])c1)N(C)C(=O)[C@@H](C)Oc1ccc(Cl)cc1Br. The lowest BCUT2D eigenvalue weighted by molar-refractivity contribution is -0.384. The molecule has 0 saturated heterocycles. The highest BCUT2D eigenvalue weighted by molar-refractivity contribution is 9.10. The molecule has 0 aliphatic carbocycles. The highest BCUT2D eigenvalue weighted by Gasteiger charge is 2.25. The quantitative estimate of drug-likeness (QED) is 0.467. The van der Waals surface area contributed by atoms with Crippen molar-refractivity contribution in [2.24, 2.45) is 0 Å². The molecule has 138 valence electrons. The standard InChI is InChI=1S/C18H18BrClN2O4/c1-11(13-5-4-6-15(9-13)22(24)25)21(3)18(23)12(2)26-17-8-7-14(20)10-16(17)19/h4-12H,1-3H3/t11-,12-/m1/s1. The van der Waals surface area contributed by atoms with Gasteiger partial charge in [-0.05, 0) is 53.5 Å². The molecule has 0 unspecified atom stereocenters. The van der Waals surface area contributed by atoms with Crippen LogP contribution < -0.4 is 4.74 Å². The Hall–Kier alpha value is -2.12. The Labute approximate surface area is 165 Å². The monoisotopic (exact) mass is 440 g/mol. The minimum atomic E-state index is -0.737.